The van der Waals surface area contributed by atoms with E-state index in [2.05, 4.69) is 23.8 Å². The normalized spacial score (nSPS) is 11.1. The van der Waals surface area contributed by atoms with Crippen molar-refractivity contribution in [1.82, 2.24) is 14.5 Å². The Morgan fingerprint density at radius 3 is 2.78 bits per heavy atom. The van der Waals surface area contributed by atoms with Crippen molar-refractivity contribution in [3.63, 3.8) is 0 Å². The number of rotatable bonds is 3. The Morgan fingerprint density at radius 2 is 2.17 bits per heavy atom. The van der Waals surface area contributed by atoms with Crippen LogP contribution in [0.15, 0.2) is 21.2 Å². The minimum absolute atomic E-state index is 0.336. The molecule has 0 saturated heterocycles. The van der Waals surface area contributed by atoms with Crippen molar-refractivity contribution in [2.45, 2.75) is 33.2 Å². The van der Waals surface area contributed by atoms with E-state index in [1.165, 1.54) is 4.57 Å². The number of thiazole rings is 1. The summed E-state index contributed by atoms with van der Waals surface area (Å²) in [6.45, 7) is 6.23. The van der Waals surface area contributed by atoms with Crippen LogP contribution >= 0.6 is 11.3 Å². The van der Waals surface area contributed by atoms with Crippen LogP contribution in [-0.4, -0.2) is 14.5 Å². The molecule has 96 valence electrons. The van der Waals surface area contributed by atoms with Gasteiger partial charge < -0.3 is 0 Å². The topological polar surface area (TPSA) is 67.8 Å². The Hall–Kier alpha value is -1.69. The largest absolute Gasteiger partial charge is 0.328 e. The summed E-state index contributed by atoms with van der Waals surface area (Å²) in [5, 5.41) is 3.00. The monoisotopic (exact) mass is 265 g/mol. The van der Waals surface area contributed by atoms with E-state index in [4.69, 9.17) is 0 Å². The second kappa shape index (κ2) is 4.89. The Labute approximate surface area is 108 Å². The zero-order valence-electron chi connectivity index (χ0n) is 10.6. The molecule has 2 aromatic heterocycles. The minimum Gasteiger partial charge on any atom is -0.294 e. The van der Waals surface area contributed by atoms with Crippen molar-refractivity contribution in [1.29, 1.82) is 0 Å². The molecule has 0 aliphatic rings. The van der Waals surface area contributed by atoms with Crippen molar-refractivity contribution < 1.29 is 0 Å². The number of aryl methyl sites for hydroxylation is 1. The van der Waals surface area contributed by atoms with Gasteiger partial charge in [0.15, 0.2) is 0 Å². The fourth-order valence-electron chi connectivity index (χ4n) is 1.57. The number of aromatic nitrogens is 3. The number of H-pyrrole nitrogens is 1. The average molecular weight is 265 g/mol. The summed E-state index contributed by atoms with van der Waals surface area (Å²) in [5.74, 6) is 0.387. The van der Waals surface area contributed by atoms with Crippen LogP contribution in [0.1, 0.15) is 36.0 Å². The Balaban J connectivity index is 2.31. The first kappa shape index (κ1) is 12.8. The molecule has 0 aliphatic heterocycles. The zero-order valence-corrected chi connectivity index (χ0v) is 11.4. The summed E-state index contributed by atoms with van der Waals surface area (Å²) in [5.41, 5.74) is 0.633. The summed E-state index contributed by atoms with van der Waals surface area (Å²) in [6.07, 6.45) is 1.57. The van der Waals surface area contributed by atoms with Gasteiger partial charge in [-0.3, -0.25) is 14.3 Å². The van der Waals surface area contributed by atoms with Crippen LogP contribution < -0.4 is 11.2 Å². The molecule has 6 heteroatoms. The average Bonchev–Trinajstić information content (AvgIpc) is 2.74. The van der Waals surface area contributed by atoms with E-state index in [0.29, 0.717) is 18.0 Å². The van der Waals surface area contributed by atoms with E-state index in [0.717, 1.165) is 10.7 Å². The number of hydrogen-bond acceptors (Lipinski definition) is 4. The second-order valence-electron chi connectivity index (χ2n) is 4.53. The van der Waals surface area contributed by atoms with E-state index >= 15 is 0 Å². The van der Waals surface area contributed by atoms with E-state index in [1.807, 2.05) is 5.38 Å². The minimum atomic E-state index is -0.398. The highest BCUT2D eigenvalue weighted by Gasteiger charge is 2.07. The lowest BCUT2D eigenvalue weighted by Gasteiger charge is -2.03. The number of hydrogen-bond donors (Lipinski definition) is 1. The van der Waals surface area contributed by atoms with E-state index in [1.54, 1.807) is 24.5 Å². The molecule has 2 heterocycles. The standard InChI is InChI=1S/C12H15N3O2S/c1-7(2)11-13-9(6-18-11)5-15-4-8(3)10(16)14-12(15)17/h4,6-7H,5H2,1-3H3,(H,14,16,17). The number of nitrogens with one attached hydrogen (secondary N) is 1. The molecule has 0 fully saturated rings. The third-order valence-electron chi connectivity index (χ3n) is 2.58. The van der Waals surface area contributed by atoms with Gasteiger partial charge in [-0.2, -0.15) is 0 Å². The maximum absolute atomic E-state index is 11.6. The van der Waals surface area contributed by atoms with Gasteiger partial charge in [0.1, 0.15) is 0 Å². The first-order valence-electron chi connectivity index (χ1n) is 5.72. The Kier molecular flexibility index (Phi) is 3.47. The highest BCUT2D eigenvalue weighted by molar-refractivity contribution is 7.09. The van der Waals surface area contributed by atoms with Gasteiger partial charge in [-0.25, -0.2) is 9.78 Å². The lowest BCUT2D eigenvalue weighted by atomic mass is 10.2. The van der Waals surface area contributed by atoms with E-state index in [-0.39, 0.29) is 5.56 Å². The number of aromatic amines is 1. The van der Waals surface area contributed by atoms with Crippen molar-refractivity contribution in [3.8, 4) is 0 Å². The summed E-state index contributed by atoms with van der Waals surface area (Å²) in [6, 6.07) is 0. The van der Waals surface area contributed by atoms with Crippen LogP contribution in [0.3, 0.4) is 0 Å². The molecule has 0 spiro atoms. The number of nitrogens with zero attached hydrogens (tertiary/aromatic N) is 2. The zero-order chi connectivity index (χ0) is 13.3. The summed E-state index contributed by atoms with van der Waals surface area (Å²) in [4.78, 5) is 29.6. The molecule has 2 aromatic rings. The van der Waals surface area contributed by atoms with Gasteiger partial charge in [0.05, 0.1) is 17.2 Å². The lowest BCUT2D eigenvalue weighted by molar-refractivity contribution is 0.697. The lowest BCUT2D eigenvalue weighted by Crippen LogP contribution is -2.31. The maximum atomic E-state index is 11.6. The van der Waals surface area contributed by atoms with Gasteiger partial charge in [-0.05, 0) is 6.92 Å². The molecule has 0 unspecified atom stereocenters. The Bertz CT molecular complexity index is 666. The molecule has 1 N–H and O–H groups in total. The first-order valence-corrected chi connectivity index (χ1v) is 6.60. The molecule has 2 rings (SSSR count). The van der Waals surface area contributed by atoms with Crippen LogP contribution in [0.25, 0.3) is 0 Å². The van der Waals surface area contributed by atoms with Crippen molar-refractivity contribution in [3.05, 3.63) is 48.7 Å². The highest BCUT2D eigenvalue weighted by Crippen LogP contribution is 2.19. The van der Waals surface area contributed by atoms with Crippen LogP contribution in [0.2, 0.25) is 0 Å². The molecule has 0 aliphatic carbocycles. The van der Waals surface area contributed by atoms with Crippen LogP contribution in [0.5, 0.6) is 0 Å². The van der Waals surface area contributed by atoms with Crippen molar-refractivity contribution in [2.24, 2.45) is 0 Å². The fourth-order valence-corrected chi connectivity index (χ4v) is 2.40. The molecule has 0 amide bonds. The van der Waals surface area contributed by atoms with Crippen molar-refractivity contribution >= 4 is 11.3 Å². The van der Waals surface area contributed by atoms with E-state index in [9.17, 15) is 9.59 Å². The van der Waals surface area contributed by atoms with Crippen LogP contribution in [-0.2, 0) is 6.54 Å². The highest BCUT2D eigenvalue weighted by atomic mass is 32.1. The van der Waals surface area contributed by atoms with Gasteiger partial charge in [-0.1, -0.05) is 13.8 Å². The molecule has 5 nitrogen and oxygen atoms in total. The third-order valence-corrected chi connectivity index (χ3v) is 3.78. The molecular formula is C12H15N3O2S. The second-order valence-corrected chi connectivity index (χ2v) is 5.42. The van der Waals surface area contributed by atoms with Crippen LogP contribution in [0.4, 0.5) is 0 Å². The van der Waals surface area contributed by atoms with Gasteiger partial charge in [0.2, 0.25) is 0 Å². The summed E-state index contributed by atoms with van der Waals surface area (Å²) >= 11 is 1.59. The molecule has 0 bridgehead atoms. The van der Waals surface area contributed by atoms with Gasteiger partial charge in [0.25, 0.3) is 5.56 Å². The van der Waals surface area contributed by atoms with Gasteiger partial charge >= 0.3 is 5.69 Å². The predicted octanol–water partition coefficient (Wildman–Crippen LogP) is 1.47. The van der Waals surface area contributed by atoms with Crippen LogP contribution in [0, 0.1) is 6.92 Å². The fraction of sp³-hybridized carbons (Fsp3) is 0.417. The third kappa shape index (κ3) is 2.59. The summed E-state index contributed by atoms with van der Waals surface area (Å²) < 4.78 is 1.47. The molecule has 0 atom stereocenters. The quantitative estimate of drug-likeness (QED) is 0.913. The smallest absolute Gasteiger partial charge is 0.294 e. The van der Waals surface area contributed by atoms with Gasteiger partial charge in [0, 0.05) is 23.1 Å². The maximum Gasteiger partial charge on any atom is 0.328 e. The predicted molar refractivity (Wildman–Crippen MR) is 71.4 cm³/mol. The first-order chi connectivity index (χ1) is 8.47. The Morgan fingerprint density at radius 1 is 1.44 bits per heavy atom. The SMILES string of the molecule is Cc1cn(Cc2csc(C(C)C)n2)c(=O)[nH]c1=O. The van der Waals surface area contributed by atoms with Gasteiger partial charge in [-0.15, -0.1) is 11.3 Å². The molecule has 18 heavy (non-hydrogen) atoms. The molecule has 0 saturated carbocycles. The van der Waals surface area contributed by atoms with Crippen molar-refractivity contribution in [2.75, 3.05) is 0 Å². The molecular weight excluding hydrogens is 250 g/mol. The molecule has 0 aromatic carbocycles. The molecule has 0 radical (unpaired) electrons. The summed E-state index contributed by atoms with van der Waals surface area (Å²) in [7, 11) is 0. The van der Waals surface area contributed by atoms with E-state index < -0.39 is 5.69 Å².